The van der Waals surface area contributed by atoms with E-state index < -0.39 is 48.3 Å². The lowest BCUT2D eigenvalue weighted by Gasteiger charge is -2.26. The Balaban J connectivity index is 0.000000133. The molecule has 0 fully saturated rings. The van der Waals surface area contributed by atoms with Crippen LogP contribution >= 0.6 is 15.9 Å². The number of hydrogen-bond donors (Lipinski definition) is 1. The predicted octanol–water partition coefficient (Wildman–Crippen LogP) is 32.4. The number of anilines is 5. The second-order valence-electron chi connectivity index (χ2n) is 28.1. The highest BCUT2D eigenvalue weighted by Crippen LogP contribution is 2.46. The number of nitrogens with zero attached hydrogens (tertiary/aromatic N) is 1. The monoisotopic (exact) mass is 1580 g/mol. The summed E-state index contributed by atoms with van der Waals surface area (Å²) in [6.07, 6.45) is 0. The number of benzene rings is 18. The predicted molar refractivity (Wildman–Crippen MR) is 488 cm³/mol. The summed E-state index contributed by atoms with van der Waals surface area (Å²) in [7, 11) is 0. The van der Waals surface area contributed by atoms with Crippen molar-refractivity contribution in [3.05, 3.63) is 404 Å². The molecule has 6 aromatic heterocycles. The minimum atomic E-state index is -0.442. The van der Waals surface area contributed by atoms with Crippen LogP contribution in [0.5, 0.6) is 0 Å². The van der Waals surface area contributed by atoms with Gasteiger partial charge in [0.25, 0.3) is 0 Å². The van der Waals surface area contributed by atoms with Gasteiger partial charge in [-0.2, -0.15) is 0 Å². The zero-order chi connectivity index (χ0) is 91.4. The molecule has 18 aromatic carbocycles. The van der Waals surface area contributed by atoms with Gasteiger partial charge in [-0.25, -0.2) is 0 Å². The van der Waals surface area contributed by atoms with Crippen molar-refractivity contribution in [1.82, 2.24) is 0 Å². The van der Waals surface area contributed by atoms with Crippen molar-refractivity contribution in [2.24, 2.45) is 0 Å². The maximum atomic E-state index is 9.69. The summed E-state index contributed by atoms with van der Waals surface area (Å²) in [5.74, 6) is 0. The average Bonchev–Trinajstić information content (AvgIpc) is 1.65. The van der Waals surface area contributed by atoms with E-state index in [-0.39, 0.29) is 99.0 Å². The van der Waals surface area contributed by atoms with Gasteiger partial charge >= 0.3 is 0 Å². The van der Waals surface area contributed by atoms with Crippen molar-refractivity contribution in [3.63, 3.8) is 0 Å². The summed E-state index contributed by atoms with van der Waals surface area (Å²) >= 11 is 3.47. The Labute approximate surface area is 702 Å². The molecule has 0 aliphatic rings. The van der Waals surface area contributed by atoms with Crippen molar-refractivity contribution in [2.75, 3.05) is 10.2 Å². The molecule has 0 atom stereocenters. The van der Waals surface area contributed by atoms with Crippen molar-refractivity contribution in [3.8, 4) is 66.8 Å². The molecule has 24 aromatic rings. The van der Waals surface area contributed by atoms with Gasteiger partial charge in [0, 0.05) is 109 Å². The highest BCUT2D eigenvalue weighted by Gasteiger charge is 2.22. The summed E-state index contributed by atoms with van der Waals surface area (Å²) in [6, 6.07) is 88.2. The van der Waals surface area contributed by atoms with E-state index in [1.807, 2.05) is 170 Å². The van der Waals surface area contributed by atoms with Crippen molar-refractivity contribution in [2.45, 2.75) is 0 Å². The summed E-state index contributed by atoms with van der Waals surface area (Å²) in [6.45, 7) is 0. The summed E-state index contributed by atoms with van der Waals surface area (Å²) in [5.41, 5.74) is 13.2. The van der Waals surface area contributed by atoms with Gasteiger partial charge in [0.1, 0.15) is 67.0 Å². The van der Waals surface area contributed by atoms with E-state index in [4.69, 9.17) is 37.5 Å². The minimum Gasteiger partial charge on any atom is -0.456 e. The second-order valence-corrected chi connectivity index (χ2v) is 29.0. The van der Waals surface area contributed by atoms with Crippen molar-refractivity contribution >= 4 is 176 Å². The van der Waals surface area contributed by atoms with Gasteiger partial charge in [-0.15, -0.1) is 0 Å². The molecule has 0 saturated heterocycles. The molecule has 552 valence electrons. The second kappa shape index (κ2) is 28.8. The molecular weight excluding hydrogens is 1500 g/mol. The van der Waals surface area contributed by atoms with Gasteiger partial charge in [0.15, 0.2) is 0 Å². The highest BCUT2D eigenvalue weighted by atomic mass is 79.9. The van der Waals surface area contributed by atoms with E-state index in [2.05, 4.69) is 69.8 Å². The van der Waals surface area contributed by atoms with Crippen LogP contribution in [-0.4, -0.2) is 0 Å². The van der Waals surface area contributed by atoms with E-state index >= 15 is 0 Å². The zero-order valence-corrected chi connectivity index (χ0v) is 63.2. The van der Waals surface area contributed by atoms with E-state index in [9.17, 15) is 11.0 Å². The van der Waals surface area contributed by atoms with Gasteiger partial charge in [0.2, 0.25) is 0 Å². The van der Waals surface area contributed by atoms with Crippen LogP contribution < -0.4 is 10.2 Å². The zero-order valence-electron chi connectivity index (χ0n) is 77.6. The molecule has 9 heteroatoms. The van der Waals surface area contributed by atoms with Gasteiger partial charge in [-0.1, -0.05) is 283 Å². The molecule has 8 nitrogen and oxygen atoms in total. The normalized spacial score (nSPS) is 13.5. The third-order valence-corrected chi connectivity index (χ3v) is 21.8. The van der Waals surface area contributed by atoms with Crippen LogP contribution in [0.4, 0.5) is 28.4 Å². The molecule has 24 rings (SSSR count). The van der Waals surface area contributed by atoms with Crippen LogP contribution in [0.3, 0.4) is 0 Å². The van der Waals surface area contributed by atoms with Crippen LogP contribution in [0.2, 0.25) is 0 Å². The molecule has 0 aliphatic heterocycles. The maximum absolute atomic E-state index is 9.69. The SMILES string of the molecule is Brc1ccc(-c2cccc3c2oc2ccccc23)cc1.[2H]c1c([2H])c(-c2cccc3oc4ccccc4c23)c([2H])c([2H])c1Nc1c([2H])c([2H])c(-c2cccc3oc4ccccc4c23)c([2H])c1[2H].[2H]c1c([2H])c(N(c2ccc(-c3cccc4c3oc3ccccc34)cc2)c2c([2H])c([2H])c(-c3cccc4oc5ccccc5c34)c([2H])c2[2H])c([2H])c([2H])c1-c1cccc2oc3ccccc3c12. The molecule has 0 radical (unpaired) electrons. The van der Waals surface area contributed by atoms with E-state index in [1.54, 1.807) is 84.9 Å². The molecule has 0 amide bonds. The Kier molecular flexibility index (Phi) is 13.2. The van der Waals surface area contributed by atoms with Gasteiger partial charge in [-0.05, 0) is 189 Å². The first kappa shape index (κ1) is 53.7. The first-order chi connectivity index (χ1) is 64.6. The molecule has 0 aliphatic carbocycles. The Morgan fingerprint density at radius 1 is 0.205 bits per heavy atom. The third-order valence-electron chi connectivity index (χ3n) is 21.3. The fraction of sp³-hybridized carbons (Fsp3) is 0. The summed E-state index contributed by atoms with van der Waals surface area (Å²) < 4.78 is 186. The molecule has 117 heavy (non-hydrogen) atoms. The maximum Gasteiger partial charge on any atom is 0.143 e. The fourth-order valence-corrected chi connectivity index (χ4v) is 16.2. The van der Waals surface area contributed by atoms with Crippen molar-refractivity contribution < 1.29 is 48.4 Å². The molecule has 0 spiro atoms. The van der Waals surface area contributed by atoms with Crippen LogP contribution in [0, 0.1) is 0 Å². The third kappa shape index (κ3) is 12.3. The van der Waals surface area contributed by atoms with Crippen LogP contribution in [0.15, 0.2) is 431 Å². The molecule has 1 N–H and O–H groups in total. The van der Waals surface area contributed by atoms with Gasteiger partial charge in [0.05, 0.1) is 21.9 Å². The van der Waals surface area contributed by atoms with Gasteiger partial charge in [-0.3, -0.25) is 0 Å². The van der Waals surface area contributed by atoms with E-state index in [1.165, 1.54) is 15.7 Å². The van der Waals surface area contributed by atoms with Crippen LogP contribution in [0.1, 0.15) is 21.9 Å². The van der Waals surface area contributed by atoms with Crippen LogP contribution in [0.25, 0.3) is 198 Å². The Bertz CT molecular complexity index is 8530. The number of para-hydroxylation sites is 8. The molecule has 0 unspecified atom stereocenters. The van der Waals surface area contributed by atoms with Crippen LogP contribution in [-0.2, 0) is 0 Å². The van der Waals surface area contributed by atoms with Gasteiger partial charge < -0.3 is 36.7 Å². The minimum absolute atomic E-state index is 0.0514. The fourth-order valence-electron chi connectivity index (χ4n) is 15.9. The quantitative estimate of drug-likeness (QED) is 0.137. The van der Waals surface area contributed by atoms with E-state index in [0.29, 0.717) is 94.0 Å². The molecule has 6 heterocycles. The Hall–Kier alpha value is -15.2. The Morgan fingerprint density at radius 2 is 0.462 bits per heavy atom. The molecule has 0 saturated carbocycles. The summed E-state index contributed by atoms with van der Waals surface area (Å²) in [4.78, 5) is 1.32. The highest BCUT2D eigenvalue weighted by molar-refractivity contribution is 9.10. The number of hydrogen-bond acceptors (Lipinski definition) is 8. The number of furan rings is 6. The van der Waals surface area contributed by atoms with E-state index in [0.717, 1.165) is 75.8 Å². The summed E-state index contributed by atoms with van der Waals surface area (Å²) in [5, 5.41) is 12.7. The largest absolute Gasteiger partial charge is 0.456 e. The smallest absolute Gasteiger partial charge is 0.143 e. The lowest BCUT2D eigenvalue weighted by Crippen LogP contribution is -2.09. The number of fused-ring (bicyclic) bond motifs is 18. The lowest BCUT2D eigenvalue weighted by atomic mass is 9.98. The number of halogens is 1. The Morgan fingerprint density at radius 3 is 0.795 bits per heavy atom. The average molecular weight is 1580 g/mol. The topological polar surface area (TPSA) is 94.1 Å². The lowest BCUT2D eigenvalue weighted by molar-refractivity contribution is 0.668. The molecular formula is C108H67BrN2O6. The standard InChI is InChI=1S/C54H33NO3.C36H23NO2.C18H11BrO/c1-4-17-47-43(10-1)44-16-7-15-42(54(44)58-47)36-26-32-39(33-27-36)55(37-28-22-34(23-29-37)40-13-8-20-50-52(40)45-11-2-5-18-48(45)56-50)38-30-24-35(25-31-38)41-14-9-21-51-53(41)46-12-3-6-19-49(46)57-51;1-3-11-31-29(7-1)35-27(9-5-13-33(35)38-31)23-15-19-25(20-16-23)37-26-21-17-24(18-22-26)28-10-6-14-34-36(28)30-8-2-4-12-32(30)39-34;19-13-10-8-12(9-11-13)14-5-3-6-16-15-4-1-2-7-17(15)20-18(14)16/h1-33H;1-22,37H;1-11H/i22D,23D,24D,25D,28D,29D,30D,31D;15D,16D,17D,18D,19D,20D,21D,22D;. The number of rotatable bonds is 11. The van der Waals surface area contributed by atoms with Crippen molar-refractivity contribution in [1.29, 1.82) is 0 Å². The molecule has 0 bridgehead atoms. The number of nitrogens with one attached hydrogen (secondary N) is 1. The first-order valence-corrected chi connectivity index (χ1v) is 38.7. The first-order valence-electron chi connectivity index (χ1n) is 45.9.